The molecule has 2 aromatic rings. The Morgan fingerprint density at radius 3 is 2.91 bits per heavy atom. The Morgan fingerprint density at radius 2 is 2.18 bits per heavy atom. The fourth-order valence-corrected chi connectivity index (χ4v) is 2.96. The molecule has 114 valence electrons. The number of hydrogen-bond acceptors (Lipinski definition) is 4. The van der Waals surface area contributed by atoms with Crippen LogP contribution in [0.25, 0.3) is 0 Å². The first kappa shape index (κ1) is 15.0. The zero-order chi connectivity index (χ0) is 15.5. The summed E-state index contributed by atoms with van der Waals surface area (Å²) in [4.78, 5) is 4.24. The van der Waals surface area contributed by atoms with Gasteiger partial charge in [-0.3, -0.25) is 9.99 Å². The van der Waals surface area contributed by atoms with E-state index in [1.807, 2.05) is 31.3 Å². The quantitative estimate of drug-likeness (QED) is 0.936. The van der Waals surface area contributed by atoms with Crippen LogP contribution in [-0.4, -0.2) is 17.2 Å². The highest BCUT2D eigenvalue weighted by Crippen LogP contribution is 2.38. The summed E-state index contributed by atoms with van der Waals surface area (Å²) in [6.07, 6.45) is 5.37. The Kier molecular flexibility index (Phi) is 4.41. The molecular weight excluding hydrogens is 296 g/mol. The minimum absolute atomic E-state index is 0.146. The van der Waals surface area contributed by atoms with Gasteiger partial charge in [-0.15, -0.1) is 0 Å². The first-order valence-corrected chi connectivity index (χ1v) is 7.79. The lowest BCUT2D eigenvalue weighted by molar-refractivity contribution is 0.702. The number of nitrogens with zero attached hydrogens (tertiary/aromatic N) is 3. The number of halogens is 1. The first-order chi connectivity index (χ1) is 10.7. The SMILES string of the molecule is Cc1c(Cl)cccc1N1N=C(CCN)CC1c1cccnc1. The Balaban J connectivity index is 2.02. The molecule has 0 radical (unpaired) electrons. The van der Waals surface area contributed by atoms with Crippen LogP contribution >= 0.6 is 11.6 Å². The molecule has 0 spiro atoms. The second kappa shape index (κ2) is 6.46. The maximum atomic E-state index is 6.28. The van der Waals surface area contributed by atoms with Crippen molar-refractivity contribution in [1.82, 2.24) is 4.98 Å². The molecule has 5 heteroatoms. The van der Waals surface area contributed by atoms with Gasteiger partial charge in [0.2, 0.25) is 0 Å². The Labute approximate surface area is 135 Å². The molecule has 0 aliphatic carbocycles. The van der Waals surface area contributed by atoms with E-state index < -0.39 is 0 Å². The molecule has 1 aromatic heterocycles. The van der Waals surface area contributed by atoms with Crippen LogP contribution in [0.4, 0.5) is 5.69 Å². The summed E-state index contributed by atoms with van der Waals surface area (Å²) in [5.41, 5.74) is 10.0. The standard InChI is InChI=1S/C17H19ClN4/c1-12-15(18)5-2-6-16(12)22-17(10-14(21-22)7-8-19)13-4-3-9-20-11-13/h2-6,9,11,17H,7-8,10,19H2,1H3. The van der Waals surface area contributed by atoms with Crippen molar-refractivity contribution < 1.29 is 0 Å². The van der Waals surface area contributed by atoms with Crippen LogP contribution < -0.4 is 10.7 Å². The van der Waals surface area contributed by atoms with Crippen molar-refractivity contribution >= 4 is 23.0 Å². The molecule has 0 saturated carbocycles. The van der Waals surface area contributed by atoms with Gasteiger partial charge >= 0.3 is 0 Å². The van der Waals surface area contributed by atoms with Crippen LogP contribution in [0.15, 0.2) is 47.8 Å². The van der Waals surface area contributed by atoms with Gasteiger partial charge in [0.25, 0.3) is 0 Å². The third-order valence-electron chi connectivity index (χ3n) is 3.96. The number of hydrogen-bond donors (Lipinski definition) is 1. The number of aromatic nitrogens is 1. The van der Waals surface area contributed by atoms with E-state index in [0.29, 0.717) is 6.54 Å². The lowest BCUT2D eigenvalue weighted by atomic mass is 10.0. The monoisotopic (exact) mass is 314 g/mol. The molecule has 4 nitrogen and oxygen atoms in total. The third kappa shape index (κ3) is 2.85. The lowest BCUT2D eigenvalue weighted by Crippen LogP contribution is -2.19. The van der Waals surface area contributed by atoms with Crippen molar-refractivity contribution in [2.45, 2.75) is 25.8 Å². The summed E-state index contributed by atoms with van der Waals surface area (Å²) in [5.74, 6) is 0. The number of hydrazone groups is 1. The smallest absolute Gasteiger partial charge is 0.0843 e. The summed E-state index contributed by atoms with van der Waals surface area (Å²) < 4.78 is 0. The number of nitrogens with two attached hydrogens (primary N) is 1. The van der Waals surface area contributed by atoms with Crippen molar-refractivity contribution in [2.24, 2.45) is 10.8 Å². The van der Waals surface area contributed by atoms with Crippen LogP contribution in [-0.2, 0) is 0 Å². The summed E-state index contributed by atoms with van der Waals surface area (Å²) >= 11 is 6.28. The van der Waals surface area contributed by atoms with Gasteiger partial charge in [0.1, 0.15) is 0 Å². The molecule has 0 fully saturated rings. The first-order valence-electron chi connectivity index (χ1n) is 7.41. The highest BCUT2D eigenvalue weighted by atomic mass is 35.5. The topological polar surface area (TPSA) is 54.5 Å². The lowest BCUT2D eigenvalue weighted by Gasteiger charge is -2.25. The molecule has 1 aromatic carbocycles. The van der Waals surface area contributed by atoms with E-state index in [-0.39, 0.29) is 6.04 Å². The molecular formula is C17H19ClN4. The summed E-state index contributed by atoms with van der Waals surface area (Å²) in [7, 11) is 0. The van der Waals surface area contributed by atoms with Gasteiger partial charge in [-0.05, 0) is 49.2 Å². The largest absolute Gasteiger partial charge is 0.330 e. The number of anilines is 1. The average molecular weight is 315 g/mol. The van der Waals surface area contributed by atoms with E-state index in [9.17, 15) is 0 Å². The van der Waals surface area contributed by atoms with Crippen molar-refractivity contribution in [1.29, 1.82) is 0 Å². The third-order valence-corrected chi connectivity index (χ3v) is 4.37. The molecule has 0 saturated heterocycles. The van der Waals surface area contributed by atoms with Crippen LogP contribution in [0.2, 0.25) is 5.02 Å². The van der Waals surface area contributed by atoms with Crippen molar-refractivity contribution in [2.75, 3.05) is 11.6 Å². The molecule has 1 aliphatic rings. The maximum Gasteiger partial charge on any atom is 0.0843 e. The van der Waals surface area contributed by atoms with Crippen molar-refractivity contribution in [3.8, 4) is 0 Å². The second-order valence-corrected chi connectivity index (χ2v) is 5.85. The van der Waals surface area contributed by atoms with E-state index >= 15 is 0 Å². The Morgan fingerprint density at radius 1 is 1.32 bits per heavy atom. The Hall–Kier alpha value is -1.91. The molecule has 2 N–H and O–H groups in total. The highest BCUT2D eigenvalue weighted by molar-refractivity contribution is 6.31. The van der Waals surface area contributed by atoms with Gasteiger partial charge in [0.15, 0.2) is 0 Å². The highest BCUT2D eigenvalue weighted by Gasteiger charge is 2.29. The van der Waals surface area contributed by atoms with Gasteiger partial charge in [-0.25, -0.2) is 0 Å². The van der Waals surface area contributed by atoms with Gasteiger partial charge in [0, 0.05) is 29.5 Å². The second-order valence-electron chi connectivity index (χ2n) is 5.44. The van der Waals surface area contributed by atoms with Crippen LogP contribution in [0.1, 0.15) is 30.0 Å². The van der Waals surface area contributed by atoms with Gasteiger partial charge in [-0.1, -0.05) is 23.7 Å². The fraction of sp³-hybridized carbons (Fsp3) is 0.294. The fourth-order valence-electron chi connectivity index (χ4n) is 2.79. The van der Waals surface area contributed by atoms with E-state index in [1.165, 1.54) is 0 Å². The predicted molar refractivity (Wildman–Crippen MR) is 91.4 cm³/mol. The van der Waals surface area contributed by atoms with Crippen molar-refractivity contribution in [3.63, 3.8) is 0 Å². The summed E-state index contributed by atoms with van der Waals surface area (Å²) in [6.45, 7) is 2.63. The minimum Gasteiger partial charge on any atom is -0.330 e. The summed E-state index contributed by atoms with van der Waals surface area (Å²) in [6, 6.07) is 10.1. The molecule has 1 unspecified atom stereocenters. The van der Waals surface area contributed by atoms with E-state index in [1.54, 1.807) is 6.20 Å². The Bertz CT molecular complexity index is 684. The van der Waals surface area contributed by atoms with Crippen LogP contribution in [0.3, 0.4) is 0 Å². The average Bonchev–Trinajstić information content (AvgIpc) is 2.95. The summed E-state index contributed by atoms with van der Waals surface area (Å²) in [5, 5.41) is 7.60. The molecule has 2 heterocycles. The number of benzene rings is 1. The molecule has 22 heavy (non-hydrogen) atoms. The van der Waals surface area contributed by atoms with E-state index in [4.69, 9.17) is 22.4 Å². The normalized spacial score (nSPS) is 17.7. The predicted octanol–water partition coefficient (Wildman–Crippen LogP) is 3.70. The molecule has 1 aliphatic heterocycles. The molecule has 0 amide bonds. The van der Waals surface area contributed by atoms with Crippen molar-refractivity contribution in [3.05, 3.63) is 58.9 Å². The molecule has 1 atom stereocenters. The van der Waals surface area contributed by atoms with Crippen LogP contribution in [0.5, 0.6) is 0 Å². The molecule has 3 rings (SSSR count). The number of pyridine rings is 1. The van der Waals surface area contributed by atoms with Crippen LogP contribution in [0, 0.1) is 6.92 Å². The van der Waals surface area contributed by atoms with E-state index in [0.717, 1.165) is 40.4 Å². The maximum absolute atomic E-state index is 6.28. The number of rotatable bonds is 4. The zero-order valence-corrected chi connectivity index (χ0v) is 13.3. The minimum atomic E-state index is 0.146. The zero-order valence-electron chi connectivity index (χ0n) is 12.5. The van der Waals surface area contributed by atoms with Gasteiger partial charge in [0.05, 0.1) is 11.7 Å². The van der Waals surface area contributed by atoms with Gasteiger partial charge in [-0.2, -0.15) is 5.10 Å². The molecule has 0 bridgehead atoms. The van der Waals surface area contributed by atoms with Gasteiger partial charge < -0.3 is 5.73 Å². The van der Waals surface area contributed by atoms with E-state index in [2.05, 4.69) is 22.1 Å².